The van der Waals surface area contributed by atoms with Gasteiger partial charge < -0.3 is 10.6 Å². The molecule has 0 aromatic heterocycles. The summed E-state index contributed by atoms with van der Waals surface area (Å²) in [7, 11) is 0. The largest absolute Gasteiger partial charge is 0.368 e. The Kier molecular flexibility index (Phi) is 6.09. The van der Waals surface area contributed by atoms with E-state index in [9.17, 15) is 18.4 Å². The Morgan fingerprint density at radius 2 is 1.78 bits per heavy atom. The van der Waals surface area contributed by atoms with E-state index in [1.807, 2.05) is 18.2 Å². The monoisotopic (exact) mass is 379 g/mol. The van der Waals surface area contributed by atoms with Crippen molar-refractivity contribution in [3.8, 4) is 0 Å². The molecule has 1 aromatic rings. The molecule has 1 aromatic carbocycles. The molecule has 1 unspecified atom stereocenters. The van der Waals surface area contributed by atoms with Crippen LogP contribution in [0.15, 0.2) is 30.3 Å². The van der Waals surface area contributed by atoms with Crippen LogP contribution in [0.25, 0.3) is 0 Å². The lowest BCUT2D eigenvalue weighted by Crippen LogP contribution is -2.61. The average Bonchev–Trinajstić information content (AvgIpc) is 2.66. The van der Waals surface area contributed by atoms with Gasteiger partial charge in [-0.05, 0) is 24.8 Å². The van der Waals surface area contributed by atoms with Crippen molar-refractivity contribution in [1.82, 2.24) is 9.80 Å². The highest BCUT2D eigenvalue weighted by molar-refractivity contribution is 5.88. The highest BCUT2D eigenvalue weighted by Gasteiger charge is 2.41. The normalized spacial score (nSPS) is 23.9. The summed E-state index contributed by atoms with van der Waals surface area (Å²) >= 11 is 0. The summed E-state index contributed by atoms with van der Waals surface area (Å²) in [5.74, 6) is -3.83. The van der Waals surface area contributed by atoms with E-state index in [1.165, 1.54) is 10.5 Å². The fourth-order valence-electron chi connectivity index (χ4n) is 4.00. The number of carbonyl (C=O) groups is 2. The molecule has 2 amide bonds. The zero-order valence-electron chi connectivity index (χ0n) is 15.4. The Morgan fingerprint density at radius 1 is 1.11 bits per heavy atom. The molecule has 1 aliphatic heterocycles. The summed E-state index contributed by atoms with van der Waals surface area (Å²) < 4.78 is 26.7. The van der Waals surface area contributed by atoms with Crippen LogP contribution in [0.2, 0.25) is 0 Å². The lowest BCUT2D eigenvalue weighted by Gasteiger charge is -2.42. The van der Waals surface area contributed by atoms with Crippen LogP contribution >= 0.6 is 0 Å². The Morgan fingerprint density at radius 3 is 2.41 bits per heavy atom. The van der Waals surface area contributed by atoms with Gasteiger partial charge in [-0.25, -0.2) is 8.78 Å². The lowest BCUT2D eigenvalue weighted by molar-refractivity contribution is -0.149. The van der Waals surface area contributed by atoms with E-state index in [2.05, 4.69) is 17.0 Å². The Labute approximate surface area is 158 Å². The fourth-order valence-corrected chi connectivity index (χ4v) is 4.00. The summed E-state index contributed by atoms with van der Waals surface area (Å²) in [6.45, 7) is 2.25. The van der Waals surface area contributed by atoms with Crippen LogP contribution in [-0.2, 0) is 16.0 Å². The summed E-state index contributed by atoms with van der Waals surface area (Å²) in [6, 6.07) is 9.38. The first-order valence-electron chi connectivity index (χ1n) is 9.60. The molecule has 1 heterocycles. The van der Waals surface area contributed by atoms with Crippen molar-refractivity contribution in [2.75, 3.05) is 26.2 Å². The van der Waals surface area contributed by atoms with Crippen molar-refractivity contribution in [3.05, 3.63) is 35.9 Å². The van der Waals surface area contributed by atoms with Gasteiger partial charge in [0.1, 0.15) is 6.04 Å². The van der Waals surface area contributed by atoms with Gasteiger partial charge in [0.25, 0.3) is 0 Å². The zero-order chi connectivity index (χ0) is 19.4. The maximum atomic E-state index is 13.4. The number of piperazine rings is 1. The van der Waals surface area contributed by atoms with Crippen LogP contribution in [-0.4, -0.2) is 59.8 Å². The molecule has 5 nitrogen and oxygen atoms in total. The SMILES string of the molecule is NC(=O)C1CN(CCc2ccccc2)CCN1C(=O)C1CCC(F)(F)CC1. The molecule has 1 aliphatic carbocycles. The third-order valence-corrected chi connectivity index (χ3v) is 5.70. The van der Waals surface area contributed by atoms with Gasteiger partial charge in [0.15, 0.2) is 0 Å². The number of amides is 2. The first-order valence-corrected chi connectivity index (χ1v) is 9.60. The average molecular weight is 379 g/mol. The molecule has 148 valence electrons. The Balaban J connectivity index is 1.57. The van der Waals surface area contributed by atoms with Gasteiger partial charge in [0.2, 0.25) is 17.7 Å². The van der Waals surface area contributed by atoms with E-state index in [0.29, 0.717) is 19.6 Å². The van der Waals surface area contributed by atoms with E-state index in [1.54, 1.807) is 0 Å². The van der Waals surface area contributed by atoms with Crippen molar-refractivity contribution < 1.29 is 18.4 Å². The number of carbonyl (C=O) groups excluding carboxylic acids is 2. The number of primary amides is 1. The fraction of sp³-hybridized carbons (Fsp3) is 0.600. The predicted molar refractivity (Wildman–Crippen MR) is 98.2 cm³/mol. The molecule has 3 rings (SSSR count). The number of hydrogen-bond acceptors (Lipinski definition) is 3. The van der Waals surface area contributed by atoms with E-state index >= 15 is 0 Å². The molecule has 1 atom stereocenters. The molecule has 7 heteroatoms. The minimum absolute atomic E-state index is 0.172. The first-order chi connectivity index (χ1) is 12.9. The summed E-state index contributed by atoms with van der Waals surface area (Å²) in [5, 5.41) is 0. The van der Waals surface area contributed by atoms with E-state index in [4.69, 9.17) is 5.73 Å². The van der Waals surface area contributed by atoms with E-state index in [-0.39, 0.29) is 31.6 Å². The molecule has 0 bridgehead atoms. The molecule has 0 spiro atoms. The van der Waals surface area contributed by atoms with Gasteiger partial charge >= 0.3 is 0 Å². The quantitative estimate of drug-likeness (QED) is 0.852. The maximum absolute atomic E-state index is 13.4. The topological polar surface area (TPSA) is 66.6 Å². The van der Waals surface area contributed by atoms with Gasteiger partial charge in [-0.2, -0.15) is 0 Å². The highest BCUT2D eigenvalue weighted by Crippen LogP contribution is 2.37. The second-order valence-corrected chi connectivity index (χ2v) is 7.62. The number of alkyl halides is 2. The van der Waals surface area contributed by atoms with Crippen molar-refractivity contribution >= 4 is 11.8 Å². The second-order valence-electron chi connectivity index (χ2n) is 7.62. The summed E-state index contributed by atoms with van der Waals surface area (Å²) in [5.41, 5.74) is 6.78. The van der Waals surface area contributed by atoms with Crippen molar-refractivity contribution in [3.63, 3.8) is 0 Å². The number of rotatable bonds is 5. The molecule has 0 radical (unpaired) electrons. The van der Waals surface area contributed by atoms with E-state index < -0.39 is 23.8 Å². The van der Waals surface area contributed by atoms with Crippen LogP contribution in [0.5, 0.6) is 0 Å². The number of nitrogens with zero attached hydrogens (tertiary/aromatic N) is 2. The summed E-state index contributed by atoms with van der Waals surface area (Å²) in [4.78, 5) is 28.4. The Hall–Kier alpha value is -2.02. The van der Waals surface area contributed by atoms with Crippen LogP contribution in [0.4, 0.5) is 8.78 Å². The van der Waals surface area contributed by atoms with Crippen molar-refractivity contribution in [2.24, 2.45) is 11.7 Å². The number of halogens is 2. The van der Waals surface area contributed by atoms with Gasteiger partial charge in [-0.1, -0.05) is 30.3 Å². The standard InChI is InChI=1S/C20H27F2N3O2/c21-20(22)9-6-16(7-10-20)19(27)25-13-12-24(14-17(25)18(23)26)11-8-15-4-2-1-3-5-15/h1-5,16-17H,6-14H2,(H2,23,26). The molecule has 2 aliphatic rings. The van der Waals surface area contributed by atoms with Crippen molar-refractivity contribution in [1.29, 1.82) is 0 Å². The third kappa shape index (κ3) is 5.03. The second kappa shape index (κ2) is 8.33. The van der Waals surface area contributed by atoms with Crippen molar-refractivity contribution in [2.45, 2.75) is 44.1 Å². The summed E-state index contributed by atoms with van der Waals surface area (Å²) in [6.07, 6.45) is 0.679. The van der Waals surface area contributed by atoms with Gasteiger partial charge in [0.05, 0.1) is 0 Å². The van der Waals surface area contributed by atoms with Crippen LogP contribution < -0.4 is 5.73 Å². The van der Waals surface area contributed by atoms with Crippen LogP contribution in [0, 0.1) is 5.92 Å². The number of benzene rings is 1. The third-order valence-electron chi connectivity index (χ3n) is 5.70. The number of hydrogen-bond donors (Lipinski definition) is 1. The molecule has 2 N–H and O–H groups in total. The molecule has 27 heavy (non-hydrogen) atoms. The number of nitrogens with two attached hydrogens (primary N) is 1. The predicted octanol–water partition coefficient (Wildman–Crippen LogP) is 2.05. The maximum Gasteiger partial charge on any atom is 0.248 e. The van der Waals surface area contributed by atoms with Crippen LogP contribution in [0.1, 0.15) is 31.2 Å². The van der Waals surface area contributed by atoms with Gasteiger partial charge in [-0.3, -0.25) is 14.5 Å². The molecule has 2 fully saturated rings. The van der Waals surface area contributed by atoms with E-state index in [0.717, 1.165) is 13.0 Å². The van der Waals surface area contributed by atoms with Gasteiger partial charge in [0, 0.05) is 44.9 Å². The molecule has 1 saturated carbocycles. The van der Waals surface area contributed by atoms with Crippen LogP contribution in [0.3, 0.4) is 0 Å². The van der Waals surface area contributed by atoms with Gasteiger partial charge in [-0.15, -0.1) is 0 Å². The Bertz CT molecular complexity index is 658. The minimum Gasteiger partial charge on any atom is -0.368 e. The minimum atomic E-state index is -2.67. The molecule has 1 saturated heterocycles. The highest BCUT2D eigenvalue weighted by atomic mass is 19.3. The first kappa shape index (κ1) is 19.7. The molecular formula is C20H27F2N3O2. The zero-order valence-corrected chi connectivity index (χ0v) is 15.4. The lowest BCUT2D eigenvalue weighted by atomic mass is 9.85. The molecular weight excluding hydrogens is 352 g/mol. The smallest absolute Gasteiger partial charge is 0.248 e.